The predicted octanol–water partition coefficient (Wildman–Crippen LogP) is 2.43. The van der Waals surface area contributed by atoms with Gasteiger partial charge in [-0.3, -0.25) is 9.69 Å². The molecular weight excluding hydrogens is 264 g/mol. The summed E-state index contributed by atoms with van der Waals surface area (Å²) in [5.74, 6) is 1.75. The number of rotatable bonds is 9. The third-order valence-electron chi connectivity index (χ3n) is 3.74. The minimum Gasteiger partial charge on any atom is -0.497 e. The Bertz CT molecular complexity index is 458. The van der Waals surface area contributed by atoms with Gasteiger partial charge in [-0.1, -0.05) is 19.1 Å². The highest BCUT2D eigenvalue weighted by atomic mass is 16.5. The van der Waals surface area contributed by atoms with E-state index in [2.05, 4.69) is 17.1 Å². The van der Waals surface area contributed by atoms with Gasteiger partial charge < -0.3 is 10.1 Å². The zero-order valence-electron chi connectivity index (χ0n) is 13.1. The molecule has 1 aromatic carbocycles. The van der Waals surface area contributed by atoms with Crippen molar-refractivity contribution < 1.29 is 9.53 Å². The molecule has 4 nitrogen and oxygen atoms in total. The second-order valence-corrected chi connectivity index (χ2v) is 5.81. The van der Waals surface area contributed by atoms with Crippen LogP contribution in [-0.4, -0.2) is 37.6 Å². The van der Waals surface area contributed by atoms with E-state index in [4.69, 9.17) is 4.74 Å². The number of methoxy groups -OCH3 is 1. The summed E-state index contributed by atoms with van der Waals surface area (Å²) in [7, 11) is 1.65. The van der Waals surface area contributed by atoms with Crippen molar-refractivity contribution >= 4 is 5.91 Å². The smallest absolute Gasteiger partial charge is 0.234 e. The van der Waals surface area contributed by atoms with E-state index in [1.165, 1.54) is 12.8 Å². The Kier molecular flexibility index (Phi) is 6.05. The number of amides is 1. The van der Waals surface area contributed by atoms with Crippen molar-refractivity contribution in [2.45, 2.75) is 32.7 Å². The van der Waals surface area contributed by atoms with Crippen molar-refractivity contribution in [2.75, 3.05) is 26.7 Å². The van der Waals surface area contributed by atoms with Crippen LogP contribution < -0.4 is 10.1 Å². The Labute approximate surface area is 127 Å². The first-order valence-corrected chi connectivity index (χ1v) is 7.83. The van der Waals surface area contributed by atoms with Gasteiger partial charge in [-0.05, 0) is 49.4 Å². The molecule has 0 radical (unpaired) electrons. The molecule has 1 N–H and O–H groups in total. The third kappa shape index (κ3) is 5.76. The quantitative estimate of drug-likeness (QED) is 0.759. The summed E-state index contributed by atoms with van der Waals surface area (Å²) in [5, 5.41) is 3.00. The van der Waals surface area contributed by atoms with E-state index in [0.29, 0.717) is 13.1 Å². The van der Waals surface area contributed by atoms with Crippen molar-refractivity contribution in [3.8, 4) is 5.75 Å². The van der Waals surface area contributed by atoms with Gasteiger partial charge in [0.1, 0.15) is 5.75 Å². The van der Waals surface area contributed by atoms with E-state index in [1.807, 2.05) is 24.3 Å². The van der Waals surface area contributed by atoms with Crippen molar-refractivity contribution in [1.82, 2.24) is 10.2 Å². The number of nitrogens with zero attached hydrogens (tertiary/aromatic N) is 1. The Hall–Kier alpha value is -1.55. The average Bonchev–Trinajstić information content (AvgIpc) is 3.29. The van der Waals surface area contributed by atoms with Crippen LogP contribution in [0.5, 0.6) is 5.75 Å². The second-order valence-electron chi connectivity index (χ2n) is 5.81. The first-order valence-electron chi connectivity index (χ1n) is 7.83. The number of carbonyl (C=O) groups excluding carboxylic acids is 1. The fraction of sp³-hybridized carbons (Fsp3) is 0.588. The standard InChI is InChI=1S/C17H26N2O2/c1-3-9-19(12-14-7-8-14)13-17(20)18-11-15-5-4-6-16(10-15)21-2/h4-6,10,14H,3,7-9,11-13H2,1-2H3,(H,18,20). The second kappa shape index (κ2) is 8.03. The van der Waals surface area contributed by atoms with Gasteiger partial charge in [0.2, 0.25) is 5.91 Å². The summed E-state index contributed by atoms with van der Waals surface area (Å²) in [6.45, 7) is 5.30. The molecular formula is C17H26N2O2. The van der Waals surface area contributed by atoms with Gasteiger partial charge in [0.05, 0.1) is 13.7 Å². The molecule has 0 heterocycles. The number of benzene rings is 1. The lowest BCUT2D eigenvalue weighted by molar-refractivity contribution is -0.122. The van der Waals surface area contributed by atoms with Gasteiger partial charge in [0.25, 0.3) is 0 Å². The van der Waals surface area contributed by atoms with E-state index >= 15 is 0 Å². The molecule has 0 saturated heterocycles. The molecule has 1 aliphatic carbocycles. The van der Waals surface area contributed by atoms with Gasteiger partial charge in [0, 0.05) is 13.1 Å². The van der Waals surface area contributed by atoms with E-state index in [9.17, 15) is 4.79 Å². The highest BCUT2D eigenvalue weighted by Crippen LogP contribution is 2.29. The van der Waals surface area contributed by atoms with Crippen LogP contribution in [0.25, 0.3) is 0 Å². The van der Waals surface area contributed by atoms with Crippen molar-refractivity contribution in [3.63, 3.8) is 0 Å². The Morgan fingerprint density at radius 2 is 2.24 bits per heavy atom. The third-order valence-corrected chi connectivity index (χ3v) is 3.74. The fourth-order valence-electron chi connectivity index (χ4n) is 2.46. The molecule has 1 amide bonds. The number of ether oxygens (including phenoxy) is 1. The van der Waals surface area contributed by atoms with Crippen molar-refractivity contribution in [1.29, 1.82) is 0 Å². The summed E-state index contributed by atoms with van der Waals surface area (Å²) in [6, 6.07) is 7.80. The maximum Gasteiger partial charge on any atom is 0.234 e. The molecule has 21 heavy (non-hydrogen) atoms. The first kappa shape index (κ1) is 15.8. The maximum absolute atomic E-state index is 12.1. The molecule has 4 heteroatoms. The van der Waals surface area contributed by atoms with Crippen LogP contribution in [0.2, 0.25) is 0 Å². The largest absolute Gasteiger partial charge is 0.497 e. The minimum absolute atomic E-state index is 0.104. The number of hydrogen-bond acceptors (Lipinski definition) is 3. The van der Waals surface area contributed by atoms with Gasteiger partial charge >= 0.3 is 0 Å². The summed E-state index contributed by atoms with van der Waals surface area (Å²) in [4.78, 5) is 14.4. The van der Waals surface area contributed by atoms with Gasteiger partial charge in [-0.2, -0.15) is 0 Å². The molecule has 0 bridgehead atoms. The molecule has 1 aliphatic rings. The lowest BCUT2D eigenvalue weighted by atomic mass is 10.2. The predicted molar refractivity (Wildman–Crippen MR) is 84.3 cm³/mol. The lowest BCUT2D eigenvalue weighted by Gasteiger charge is -2.20. The molecule has 2 rings (SSSR count). The zero-order valence-corrected chi connectivity index (χ0v) is 13.1. The molecule has 1 saturated carbocycles. The van der Waals surface area contributed by atoms with Crippen LogP contribution in [0, 0.1) is 5.92 Å². The fourth-order valence-corrected chi connectivity index (χ4v) is 2.46. The molecule has 0 unspecified atom stereocenters. The summed E-state index contributed by atoms with van der Waals surface area (Å²) >= 11 is 0. The van der Waals surface area contributed by atoms with Gasteiger partial charge in [-0.25, -0.2) is 0 Å². The van der Waals surface area contributed by atoms with Crippen LogP contribution >= 0.6 is 0 Å². The first-order chi connectivity index (χ1) is 10.2. The average molecular weight is 290 g/mol. The van der Waals surface area contributed by atoms with Gasteiger partial charge in [-0.15, -0.1) is 0 Å². The monoisotopic (exact) mass is 290 g/mol. The number of hydrogen-bond donors (Lipinski definition) is 1. The van der Waals surface area contributed by atoms with Crippen molar-refractivity contribution in [3.05, 3.63) is 29.8 Å². The maximum atomic E-state index is 12.1. The Morgan fingerprint density at radius 1 is 1.43 bits per heavy atom. The molecule has 0 spiro atoms. The van der Waals surface area contributed by atoms with E-state index in [0.717, 1.165) is 36.7 Å². The summed E-state index contributed by atoms with van der Waals surface area (Å²) in [6.07, 6.45) is 3.74. The molecule has 0 aliphatic heterocycles. The highest BCUT2D eigenvalue weighted by molar-refractivity contribution is 5.78. The molecule has 1 fully saturated rings. The van der Waals surface area contributed by atoms with Gasteiger partial charge in [0.15, 0.2) is 0 Å². The molecule has 0 atom stereocenters. The van der Waals surface area contributed by atoms with Crippen LogP contribution in [0.15, 0.2) is 24.3 Å². The Balaban J connectivity index is 1.76. The van der Waals surface area contributed by atoms with E-state index in [1.54, 1.807) is 7.11 Å². The summed E-state index contributed by atoms with van der Waals surface area (Å²) in [5.41, 5.74) is 1.06. The van der Waals surface area contributed by atoms with E-state index < -0.39 is 0 Å². The number of nitrogens with one attached hydrogen (secondary N) is 1. The van der Waals surface area contributed by atoms with Crippen molar-refractivity contribution in [2.24, 2.45) is 5.92 Å². The topological polar surface area (TPSA) is 41.6 Å². The van der Waals surface area contributed by atoms with E-state index in [-0.39, 0.29) is 5.91 Å². The summed E-state index contributed by atoms with van der Waals surface area (Å²) < 4.78 is 5.19. The highest BCUT2D eigenvalue weighted by Gasteiger charge is 2.24. The Morgan fingerprint density at radius 3 is 2.90 bits per heavy atom. The SMILES string of the molecule is CCCN(CC(=O)NCc1cccc(OC)c1)CC1CC1. The number of carbonyl (C=O) groups is 1. The van der Waals surface area contributed by atoms with Crippen LogP contribution in [0.1, 0.15) is 31.7 Å². The van der Waals surface area contributed by atoms with Crippen LogP contribution in [0.3, 0.4) is 0 Å². The van der Waals surface area contributed by atoms with Crippen LogP contribution in [0.4, 0.5) is 0 Å². The minimum atomic E-state index is 0.104. The molecule has 1 aromatic rings. The lowest BCUT2D eigenvalue weighted by Crippen LogP contribution is -2.38. The molecule has 116 valence electrons. The molecule has 0 aromatic heterocycles. The zero-order chi connectivity index (χ0) is 15.1. The normalized spacial score (nSPS) is 14.2. The van der Waals surface area contributed by atoms with Crippen LogP contribution in [-0.2, 0) is 11.3 Å².